The summed E-state index contributed by atoms with van der Waals surface area (Å²) in [6.07, 6.45) is 1.22. The first-order valence-electron chi connectivity index (χ1n) is 7.49. The average Bonchev–Trinajstić information content (AvgIpc) is 2.84. The third-order valence-electron chi connectivity index (χ3n) is 3.31. The Kier molecular flexibility index (Phi) is 5.94. The molecule has 0 aliphatic rings. The molecule has 5 heteroatoms. The molecule has 0 aliphatic heterocycles. The van der Waals surface area contributed by atoms with Gasteiger partial charge in [-0.1, -0.05) is 32.5 Å². The number of nitrogens with one attached hydrogen (secondary N) is 2. The number of ether oxygens (including phenoxy) is 1. The van der Waals surface area contributed by atoms with E-state index >= 15 is 0 Å². The lowest BCUT2D eigenvalue weighted by Gasteiger charge is -2.11. The highest BCUT2D eigenvalue weighted by atomic mass is 32.2. The van der Waals surface area contributed by atoms with Crippen LogP contribution >= 0.6 is 11.8 Å². The van der Waals surface area contributed by atoms with Gasteiger partial charge in [-0.3, -0.25) is 0 Å². The number of benzene rings is 1. The van der Waals surface area contributed by atoms with Crippen molar-refractivity contribution in [3.8, 4) is 5.75 Å². The van der Waals surface area contributed by atoms with Gasteiger partial charge in [0.1, 0.15) is 5.75 Å². The molecule has 1 aromatic carbocycles. The molecule has 1 heterocycles. The molecule has 2 rings (SSSR count). The summed E-state index contributed by atoms with van der Waals surface area (Å²) >= 11 is 1.77. The van der Waals surface area contributed by atoms with E-state index in [1.54, 1.807) is 18.9 Å². The second-order valence-electron chi connectivity index (χ2n) is 5.74. The third kappa shape index (κ3) is 4.93. The van der Waals surface area contributed by atoms with Crippen LogP contribution in [-0.4, -0.2) is 35.4 Å². The summed E-state index contributed by atoms with van der Waals surface area (Å²) in [6.45, 7) is 8.81. The zero-order chi connectivity index (χ0) is 15.2. The number of imidazole rings is 1. The second kappa shape index (κ2) is 7.71. The standard InChI is InChI=1S/C16H25N3OS/c1-11(2)7-8-17-10-12(3)21-16-18-14-6-5-13(20-4)9-15(14)19-16/h5-6,9,11-12,17H,7-8,10H2,1-4H3,(H,18,19). The quantitative estimate of drug-likeness (QED) is 0.577. The maximum absolute atomic E-state index is 5.23. The van der Waals surface area contributed by atoms with Gasteiger partial charge < -0.3 is 15.0 Å². The Hall–Kier alpha value is -1.20. The van der Waals surface area contributed by atoms with Crippen LogP contribution in [0.3, 0.4) is 0 Å². The molecule has 2 aromatic rings. The summed E-state index contributed by atoms with van der Waals surface area (Å²) in [5.41, 5.74) is 2.01. The predicted molar refractivity (Wildman–Crippen MR) is 90.3 cm³/mol. The number of hydrogen-bond donors (Lipinski definition) is 2. The fourth-order valence-corrected chi connectivity index (χ4v) is 2.98. The zero-order valence-corrected chi connectivity index (χ0v) is 14.1. The van der Waals surface area contributed by atoms with E-state index in [2.05, 4.69) is 36.1 Å². The van der Waals surface area contributed by atoms with Crippen LogP contribution in [0.2, 0.25) is 0 Å². The van der Waals surface area contributed by atoms with E-state index in [1.165, 1.54) is 6.42 Å². The van der Waals surface area contributed by atoms with Crippen LogP contribution in [0.1, 0.15) is 27.2 Å². The van der Waals surface area contributed by atoms with Crippen molar-refractivity contribution in [1.29, 1.82) is 0 Å². The highest BCUT2D eigenvalue weighted by Gasteiger charge is 2.09. The molecule has 1 aromatic heterocycles. The van der Waals surface area contributed by atoms with E-state index in [9.17, 15) is 0 Å². The van der Waals surface area contributed by atoms with Gasteiger partial charge in [0.25, 0.3) is 0 Å². The number of hydrogen-bond acceptors (Lipinski definition) is 4. The number of H-pyrrole nitrogens is 1. The van der Waals surface area contributed by atoms with Crippen LogP contribution in [0, 0.1) is 5.92 Å². The molecule has 0 spiro atoms. The van der Waals surface area contributed by atoms with Crippen LogP contribution < -0.4 is 10.1 Å². The summed E-state index contributed by atoms with van der Waals surface area (Å²) in [7, 11) is 1.68. The van der Waals surface area contributed by atoms with Gasteiger partial charge in [0.15, 0.2) is 5.16 Å². The van der Waals surface area contributed by atoms with Crippen LogP contribution in [0.25, 0.3) is 11.0 Å². The van der Waals surface area contributed by atoms with Crippen LogP contribution in [-0.2, 0) is 0 Å². The van der Waals surface area contributed by atoms with Gasteiger partial charge in [-0.2, -0.15) is 0 Å². The highest BCUT2D eigenvalue weighted by molar-refractivity contribution is 7.99. The number of nitrogens with zero attached hydrogens (tertiary/aromatic N) is 1. The molecule has 0 saturated heterocycles. The number of thioether (sulfide) groups is 1. The van der Waals surface area contributed by atoms with Crippen LogP contribution in [0.4, 0.5) is 0 Å². The molecule has 0 fully saturated rings. The normalized spacial score (nSPS) is 13.0. The smallest absolute Gasteiger partial charge is 0.166 e. The maximum Gasteiger partial charge on any atom is 0.166 e. The molecule has 0 radical (unpaired) electrons. The van der Waals surface area contributed by atoms with E-state index in [0.717, 1.165) is 40.9 Å². The zero-order valence-electron chi connectivity index (χ0n) is 13.3. The minimum Gasteiger partial charge on any atom is -0.497 e. The topological polar surface area (TPSA) is 49.9 Å². The molecule has 1 unspecified atom stereocenters. The minimum absolute atomic E-state index is 0.486. The van der Waals surface area contributed by atoms with Gasteiger partial charge >= 0.3 is 0 Å². The molecule has 2 N–H and O–H groups in total. The van der Waals surface area contributed by atoms with Crippen molar-refractivity contribution in [1.82, 2.24) is 15.3 Å². The van der Waals surface area contributed by atoms with Crippen LogP contribution in [0.5, 0.6) is 5.75 Å². The van der Waals surface area contributed by atoms with Crippen molar-refractivity contribution in [2.24, 2.45) is 5.92 Å². The first-order chi connectivity index (χ1) is 10.1. The lowest BCUT2D eigenvalue weighted by molar-refractivity contribution is 0.415. The molecular formula is C16H25N3OS. The first kappa shape index (κ1) is 16.2. The second-order valence-corrected chi connectivity index (χ2v) is 7.17. The van der Waals surface area contributed by atoms with Crippen molar-refractivity contribution >= 4 is 22.8 Å². The van der Waals surface area contributed by atoms with Gasteiger partial charge in [-0.25, -0.2) is 4.98 Å². The molecule has 116 valence electrons. The SMILES string of the molecule is COc1ccc2nc(SC(C)CNCCC(C)C)[nH]c2c1. The van der Waals surface area contributed by atoms with Crippen LogP contribution in [0.15, 0.2) is 23.4 Å². The maximum atomic E-state index is 5.23. The van der Waals surface area contributed by atoms with Crippen molar-refractivity contribution < 1.29 is 4.74 Å². The fraction of sp³-hybridized carbons (Fsp3) is 0.562. The number of rotatable bonds is 8. The summed E-state index contributed by atoms with van der Waals surface area (Å²) in [4.78, 5) is 7.96. The number of fused-ring (bicyclic) bond motifs is 1. The Morgan fingerprint density at radius 2 is 2.14 bits per heavy atom. The first-order valence-corrected chi connectivity index (χ1v) is 8.37. The average molecular weight is 307 g/mol. The van der Waals surface area contributed by atoms with Gasteiger partial charge in [0.05, 0.1) is 18.1 Å². The Bertz CT molecular complexity index is 568. The van der Waals surface area contributed by atoms with Gasteiger partial charge in [-0.05, 0) is 31.0 Å². The molecule has 21 heavy (non-hydrogen) atoms. The molecule has 4 nitrogen and oxygen atoms in total. The van der Waals surface area contributed by atoms with E-state index in [4.69, 9.17) is 4.74 Å². The van der Waals surface area contributed by atoms with Gasteiger partial charge in [0, 0.05) is 17.9 Å². The fourth-order valence-electron chi connectivity index (χ4n) is 2.08. The summed E-state index contributed by atoms with van der Waals surface area (Å²) < 4.78 is 5.23. The Morgan fingerprint density at radius 3 is 2.86 bits per heavy atom. The highest BCUT2D eigenvalue weighted by Crippen LogP contribution is 2.25. The third-order valence-corrected chi connectivity index (χ3v) is 4.30. The minimum atomic E-state index is 0.486. The van der Waals surface area contributed by atoms with E-state index in [0.29, 0.717) is 5.25 Å². The van der Waals surface area contributed by atoms with Crippen molar-refractivity contribution in [3.63, 3.8) is 0 Å². The number of aromatic nitrogens is 2. The predicted octanol–water partition coefficient (Wildman–Crippen LogP) is 3.69. The Labute approximate surface area is 131 Å². The lowest BCUT2D eigenvalue weighted by Crippen LogP contribution is -2.24. The van der Waals surface area contributed by atoms with Gasteiger partial charge in [0.2, 0.25) is 0 Å². The van der Waals surface area contributed by atoms with E-state index in [1.807, 2.05) is 18.2 Å². The van der Waals surface area contributed by atoms with E-state index < -0.39 is 0 Å². The summed E-state index contributed by atoms with van der Waals surface area (Å²) in [5, 5.41) is 4.96. The molecule has 0 bridgehead atoms. The number of aromatic amines is 1. The van der Waals surface area contributed by atoms with Crippen molar-refractivity contribution in [2.45, 2.75) is 37.6 Å². The molecular weight excluding hydrogens is 282 g/mol. The summed E-state index contributed by atoms with van der Waals surface area (Å²) in [5.74, 6) is 1.61. The molecule has 1 atom stereocenters. The molecule has 0 aliphatic carbocycles. The lowest BCUT2D eigenvalue weighted by atomic mass is 10.1. The van der Waals surface area contributed by atoms with E-state index in [-0.39, 0.29) is 0 Å². The Morgan fingerprint density at radius 1 is 1.33 bits per heavy atom. The Balaban J connectivity index is 1.87. The number of methoxy groups -OCH3 is 1. The van der Waals surface area contributed by atoms with Crippen molar-refractivity contribution in [3.05, 3.63) is 18.2 Å². The summed E-state index contributed by atoms with van der Waals surface area (Å²) in [6, 6.07) is 5.91. The monoisotopic (exact) mass is 307 g/mol. The molecule has 0 saturated carbocycles. The van der Waals surface area contributed by atoms with Gasteiger partial charge in [-0.15, -0.1) is 0 Å². The molecule has 0 amide bonds. The largest absolute Gasteiger partial charge is 0.497 e. The van der Waals surface area contributed by atoms with Crippen molar-refractivity contribution in [2.75, 3.05) is 20.2 Å².